The highest BCUT2D eigenvalue weighted by molar-refractivity contribution is 6.76. The molecule has 0 spiro atoms. The second-order valence-corrected chi connectivity index (χ2v) is 19.3. The van der Waals surface area contributed by atoms with E-state index in [1.807, 2.05) is 0 Å². The molecule has 0 aliphatic carbocycles. The average Bonchev–Trinajstić information content (AvgIpc) is 2.72. The van der Waals surface area contributed by atoms with Gasteiger partial charge in [0.25, 0.3) is 0 Å². The molecule has 0 unspecified atom stereocenters. The molecule has 0 radical (unpaired) electrons. The van der Waals surface area contributed by atoms with Gasteiger partial charge in [-0.15, -0.1) is 0 Å². The Morgan fingerprint density at radius 1 is 0.562 bits per heavy atom. The van der Waals surface area contributed by atoms with Crippen LogP contribution in [0.15, 0.2) is 88.2 Å². The first-order valence-electron chi connectivity index (χ1n) is 11.3. The standard InChI is InChI=1S/C27H35N3Si2/c1-31(2,3)29-26(22-14-9-7-10-15-22)20-24-18-13-19-25(28-24)21-27(30-32(4,5)6)23-16-11-8-12-17-23/h7-19H,20-21H2,1-6H3/b29-26-,30-27-. The maximum absolute atomic E-state index is 5.16. The maximum Gasteiger partial charge on any atom is 0.172 e. The minimum Gasteiger partial charge on any atom is -0.325 e. The van der Waals surface area contributed by atoms with E-state index in [1.165, 1.54) is 11.1 Å². The SMILES string of the molecule is C[Si](C)(C)/N=C(/Cc1cccc(C/C(=N/[Si](C)(C)C)c2ccccc2)n1)c1ccccc1. The topological polar surface area (TPSA) is 37.6 Å². The van der Waals surface area contributed by atoms with E-state index in [0.29, 0.717) is 0 Å². The minimum absolute atomic E-state index is 0.744. The van der Waals surface area contributed by atoms with Crippen LogP contribution < -0.4 is 0 Å². The molecule has 0 atom stereocenters. The Morgan fingerprint density at radius 2 is 0.938 bits per heavy atom. The lowest BCUT2D eigenvalue weighted by Crippen LogP contribution is -2.22. The van der Waals surface area contributed by atoms with E-state index in [1.54, 1.807) is 0 Å². The van der Waals surface area contributed by atoms with Crippen molar-refractivity contribution in [1.29, 1.82) is 0 Å². The normalized spacial score (nSPS) is 13.3. The molecule has 1 heterocycles. The second-order valence-electron chi connectivity index (χ2n) is 10.2. The van der Waals surface area contributed by atoms with E-state index in [0.717, 1.165) is 35.7 Å². The number of benzene rings is 2. The largest absolute Gasteiger partial charge is 0.325 e. The van der Waals surface area contributed by atoms with Crippen LogP contribution in [0.3, 0.4) is 0 Å². The quantitative estimate of drug-likeness (QED) is 0.270. The van der Waals surface area contributed by atoms with Gasteiger partial charge in [-0.05, 0) is 62.5 Å². The molecule has 2 aromatic carbocycles. The summed E-state index contributed by atoms with van der Waals surface area (Å²) in [7, 11) is -3.24. The average molecular weight is 458 g/mol. The lowest BCUT2D eigenvalue weighted by Gasteiger charge is -2.16. The number of hydrogen-bond acceptors (Lipinski definition) is 3. The highest BCUT2D eigenvalue weighted by Gasteiger charge is 2.17. The van der Waals surface area contributed by atoms with Crippen molar-refractivity contribution in [3.8, 4) is 0 Å². The van der Waals surface area contributed by atoms with E-state index in [4.69, 9.17) is 14.3 Å². The highest BCUT2D eigenvalue weighted by atomic mass is 28.3. The molecule has 0 saturated heterocycles. The summed E-state index contributed by atoms with van der Waals surface area (Å²) in [5.74, 6) is 0. The first kappa shape index (κ1) is 24.0. The van der Waals surface area contributed by atoms with Crippen LogP contribution in [0.5, 0.6) is 0 Å². The number of hydrogen-bond donors (Lipinski definition) is 0. The van der Waals surface area contributed by atoms with Crippen molar-refractivity contribution < 1.29 is 0 Å². The molecule has 3 nitrogen and oxygen atoms in total. The third kappa shape index (κ3) is 7.81. The molecule has 3 aromatic rings. The fourth-order valence-corrected chi connectivity index (χ4v) is 5.59. The van der Waals surface area contributed by atoms with E-state index in [2.05, 4.69) is 118 Å². The Hall–Kier alpha value is -2.64. The molecule has 3 rings (SSSR count). The predicted molar refractivity (Wildman–Crippen MR) is 144 cm³/mol. The van der Waals surface area contributed by atoms with E-state index in [9.17, 15) is 0 Å². The van der Waals surface area contributed by atoms with Crippen LogP contribution in [-0.2, 0) is 12.8 Å². The van der Waals surface area contributed by atoms with Gasteiger partial charge in [-0.2, -0.15) is 0 Å². The van der Waals surface area contributed by atoms with Crippen molar-refractivity contribution in [1.82, 2.24) is 4.98 Å². The third-order valence-electron chi connectivity index (χ3n) is 4.72. The molecule has 0 aliphatic rings. The zero-order valence-corrected chi connectivity index (χ0v) is 22.3. The van der Waals surface area contributed by atoms with E-state index in [-0.39, 0.29) is 0 Å². The molecule has 166 valence electrons. The predicted octanol–water partition coefficient (Wildman–Crippen LogP) is 6.82. The van der Waals surface area contributed by atoms with Gasteiger partial charge in [0.15, 0.2) is 16.5 Å². The zero-order valence-electron chi connectivity index (χ0n) is 20.3. The van der Waals surface area contributed by atoms with Gasteiger partial charge in [0.1, 0.15) is 0 Å². The Bertz CT molecular complexity index is 992. The summed E-state index contributed by atoms with van der Waals surface area (Å²) in [5.41, 5.74) is 6.76. The highest BCUT2D eigenvalue weighted by Crippen LogP contribution is 2.15. The van der Waals surface area contributed by atoms with Gasteiger partial charge in [0.05, 0.1) is 0 Å². The Balaban J connectivity index is 1.91. The molecule has 1 aromatic heterocycles. The van der Waals surface area contributed by atoms with Crippen LogP contribution in [0.1, 0.15) is 22.5 Å². The summed E-state index contributed by atoms with van der Waals surface area (Å²) in [6.07, 6.45) is 1.49. The van der Waals surface area contributed by atoms with Gasteiger partial charge in [0, 0.05) is 35.7 Å². The van der Waals surface area contributed by atoms with E-state index >= 15 is 0 Å². The number of nitrogens with zero attached hydrogens (tertiary/aromatic N) is 3. The summed E-state index contributed by atoms with van der Waals surface area (Å²) in [5, 5.41) is 0. The smallest absolute Gasteiger partial charge is 0.172 e. The lowest BCUT2D eigenvalue weighted by atomic mass is 10.0. The van der Waals surface area contributed by atoms with Crippen LogP contribution in [0.4, 0.5) is 0 Å². The molecule has 0 aliphatic heterocycles. The van der Waals surface area contributed by atoms with Crippen LogP contribution in [0, 0.1) is 0 Å². The van der Waals surface area contributed by atoms with Crippen molar-refractivity contribution in [2.24, 2.45) is 9.32 Å². The van der Waals surface area contributed by atoms with Crippen LogP contribution in [0.2, 0.25) is 39.3 Å². The summed E-state index contributed by atoms with van der Waals surface area (Å²) in [4.78, 5) is 5.03. The van der Waals surface area contributed by atoms with Crippen molar-refractivity contribution >= 4 is 27.9 Å². The summed E-state index contributed by atoms with van der Waals surface area (Å²) in [6.45, 7) is 13.7. The van der Waals surface area contributed by atoms with Gasteiger partial charge in [0.2, 0.25) is 0 Å². The van der Waals surface area contributed by atoms with Crippen LogP contribution in [-0.4, -0.2) is 32.9 Å². The van der Waals surface area contributed by atoms with Crippen molar-refractivity contribution in [2.75, 3.05) is 0 Å². The van der Waals surface area contributed by atoms with Crippen LogP contribution in [0.25, 0.3) is 0 Å². The molecule has 32 heavy (non-hydrogen) atoms. The third-order valence-corrected chi connectivity index (χ3v) is 6.60. The zero-order chi connectivity index (χ0) is 23.2. The summed E-state index contributed by atoms with van der Waals surface area (Å²) in [6, 6.07) is 27.4. The molecule has 0 fully saturated rings. The maximum atomic E-state index is 5.16. The van der Waals surface area contributed by atoms with Gasteiger partial charge in [-0.1, -0.05) is 66.7 Å². The van der Waals surface area contributed by atoms with Crippen molar-refractivity contribution in [2.45, 2.75) is 52.1 Å². The Morgan fingerprint density at radius 3 is 1.28 bits per heavy atom. The number of aromatic nitrogens is 1. The molecular formula is C27H35N3Si2. The number of rotatable bonds is 8. The molecule has 0 N–H and O–H groups in total. The second kappa shape index (κ2) is 10.3. The molecule has 0 bridgehead atoms. The van der Waals surface area contributed by atoms with Gasteiger partial charge in [-0.3, -0.25) is 4.98 Å². The van der Waals surface area contributed by atoms with Gasteiger partial charge < -0.3 is 9.32 Å². The molecule has 0 saturated carbocycles. The van der Waals surface area contributed by atoms with E-state index < -0.39 is 16.5 Å². The fourth-order valence-electron chi connectivity index (χ4n) is 3.55. The number of pyridine rings is 1. The van der Waals surface area contributed by atoms with Crippen molar-refractivity contribution in [3.05, 3.63) is 101 Å². The van der Waals surface area contributed by atoms with Gasteiger partial charge in [-0.25, -0.2) is 0 Å². The molecule has 0 amide bonds. The fraction of sp³-hybridized carbons (Fsp3) is 0.296. The Kier molecular flexibility index (Phi) is 7.75. The summed E-state index contributed by atoms with van der Waals surface area (Å²) >= 11 is 0. The van der Waals surface area contributed by atoms with Crippen molar-refractivity contribution in [3.63, 3.8) is 0 Å². The summed E-state index contributed by atoms with van der Waals surface area (Å²) < 4.78 is 10.3. The molecular weight excluding hydrogens is 422 g/mol. The monoisotopic (exact) mass is 457 g/mol. The first-order valence-corrected chi connectivity index (χ1v) is 18.2. The van der Waals surface area contributed by atoms with Gasteiger partial charge >= 0.3 is 0 Å². The first-order chi connectivity index (χ1) is 15.1. The lowest BCUT2D eigenvalue weighted by molar-refractivity contribution is 1.05. The Labute approximate surface area is 195 Å². The minimum atomic E-state index is -1.62. The molecule has 5 heteroatoms. The van der Waals surface area contributed by atoms with Crippen LogP contribution >= 0.6 is 0 Å².